The molecule has 2 bridgehead atoms. The van der Waals surface area contributed by atoms with Crippen LogP contribution in [0.2, 0.25) is 0 Å². The van der Waals surface area contributed by atoms with Gasteiger partial charge >= 0.3 is 0 Å². The fraction of sp³-hybridized carbons (Fsp3) is 0.458. The van der Waals surface area contributed by atoms with E-state index in [1.54, 1.807) is 11.0 Å². The Morgan fingerprint density at radius 3 is 2.57 bits per heavy atom. The zero-order chi connectivity index (χ0) is 21.0. The average Bonchev–Trinajstić information content (AvgIpc) is 3.05. The number of likely N-dealkylation sites (tertiary alicyclic amines) is 1. The SMILES string of the molecule is CC(C)[C@H](C(=O)N1C[C@H]2C[C@@H](C1)c1cccc(=O)n1C2)N1Cc2ccccc2C1=O. The summed E-state index contributed by atoms with van der Waals surface area (Å²) in [5, 5.41) is 0. The molecular weight excluding hydrogens is 378 g/mol. The maximum Gasteiger partial charge on any atom is 0.255 e. The minimum atomic E-state index is -0.471. The largest absolute Gasteiger partial charge is 0.340 e. The fourth-order valence-electron chi connectivity index (χ4n) is 5.54. The Balaban J connectivity index is 1.41. The lowest BCUT2D eigenvalue weighted by molar-refractivity contribution is -0.140. The third kappa shape index (κ3) is 2.97. The van der Waals surface area contributed by atoms with Crippen molar-refractivity contribution in [3.8, 4) is 0 Å². The van der Waals surface area contributed by atoms with Crippen LogP contribution in [0.5, 0.6) is 0 Å². The number of amides is 2. The van der Waals surface area contributed by atoms with E-state index in [0.717, 1.165) is 17.7 Å². The number of fused-ring (bicyclic) bond motifs is 5. The van der Waals surface area contributed by atoms with Gasteiger partial charge in [0, 0.05) is 49.4 Å². The molecule has 1 aromatic heterocycles. The van der Waals surface area contributed by atoms with Gasteiger partial charge in [-0.3, -0.25) is 14.4 Å². The van der Waals surface area contributed by atoms with Gasteiger partial charge in [0.15, 0.2) is 0 Å². The summed E-state index contributed by atoms with van der Waals surface area (Å²) in [4.78, 5) is 42.7. The number of rotatable bonds is 3. The zero-order valence-corrected chi connectivity index (χ0v) is 17.5. The second-order valence-corrected chi connectivity index (χ2v) is 9.22. The van der Waals surface area contributed by atoms with Crippen molar-refractivity contribution in [2.45, 2.75) is 45.3 Å². The second-order valence-electron chi connectivity index (χ2n) is 9.22. The highest BCUT2D eigenvalue weighted by molar-refractivity contribution is 6.01. The monoisotopic (exact) mass is 405 g/mol. The van der Waals surface area contributed by atoms with Crippen molar-refractivity contribution < 1.29 is 9.59 Å². The van der Waals surface area contributed by atoms with Gasteiger partial charge in [-0.15, -0.1) is 0 Å². The molecule has 3 aliphatic heterocycles. The molecule has 156 valence electrons. The Kier molecular flexibility index (Phi) is 4.53. The van der Waals surface area contributed by atoms with E-state index >= 15 is 0 Å². The minimum Gasteiger partial charge on any atom is -0.340 e. The first kappa shape index (κ1) is 19.1. The number of carbonyl (C=O) groups excluding carboxylic acids is 2. The number of piperidine rings is 1. The lowest BCUT2D eigenvalue weighted by Gasteiger charge is -2.45. The number of pyridine rings is 1. The molecule has 0 radical (unpaired) electrons. The van der Waals surface area contributed by atoms with E-state index in [2.05, 4.69) is 0 Å². The predicted molar refractivity (Wildman–Crippen MR) is 113 cm³/mol. The first-order chi connectivity index (χ1) is 14.4. The highest BCUT2D eigenvalue weighted by Gasteiger charge is 2.43. The van der Waals surface area contributed by atoms with Crippen LogP contribution in [0.25, 0.3) is 0 Å². The minimum absolute atomic E-state index is 0.0208. The molecule has 3 aliphatic rings. The van der Waals surface area contributed by atoms with Crippen LogP contribution in [0, 0.1) is 11.8 Å². The number of benzene rings is 1. The quantitative estimate of drug-likeness (QED) is 0.788. The summed E-state index contributed by atoms with van der Waals surface area (Å²) in [6.45, 7) is 6.43. The third-order valence-corrected chi connectivity index (χ3v) is 6.86. The van der Waals surface area contributed by atoms with Gasteiger partial charge in [0.1, 0.15) is 6.04 Å². The number of aromatic nitrogens is 1. The van der Waals surface area contributed by atoms with Gasteiger partial charge in [0.05, 0.1) is 0 Å². The van der Waals surface area contributed by atoms with Gasteiger partial charge in [-0.2, -0.15) is 0 Å². The maximum absolute atomic E-state index is 13.7. The Bertz CT molecular complexity index is 1070. The van der Waals surface area contributed by atoms with Gasteiger partial charge in [0.2, 0.25) is 5.91 Å². The van der Waals surface area contributed by atoms with Crippen LogP contribution < -0.4 is 5.56 Å². The van der Waals surface area contributed by atoms with Crippen LogP contribution in [-0.2, 0) is 17.9 Å². The number of carbonyl (C=O) groups is 2. The molecule has 1 fully saturated rings. The van der Waals surface area contributed by atoms with Gasteiger partial charge in [-0.05, 0) is 36.0 Å². The Hall–Kier alpha value is -2.89. The smallest absolute Gasteiger partial charge is 0.255 e. The fourth-order valence-corrected chi connectivity index (χ4v) is 5.54. The summed E-state index contributed by atoms with van der Waals surface area (Å²) in [5.74, 6) is 0.459. The molecule has 0 spiro atoms. The first-order valence-electron chi connectivity index (χ1n) is 10.8. The molecule has 1 aromatic carbocycles. The highest BCUT2D eigenvalue weighted by atomic mass is 16.2. The Labute approximate surface area is 176 Å². The molecule has 0 aliphatic carbocycles. The average molecular weight is 405 g/mol. The molecule has 30 heavy (non-hydrogen) atoms. The summed E-state index contributed by atoms with van der Waals surface area (Å²) < 4.78 is 1.88. The van der Waals surface area contributed by atoms with Crippen LogP contribution in [0.4, 0.5) is 0 Å². The number of nitrogens with zero attached hydrogens (tertiary/aromatic N) is 3. The van der Waals surface area contributed by atoms with Crippen molar-refractivity contribution in [3.63, 3.8) is 0 Å². The maximum atomic E-state index is 13.7. The summed E-state index contributed by atoms with van der Waals surface area (Å²) >= 11 is 0. The van der Waals surface area contributed by atoms with Crippen LogP contribution in [0.3, 0.4) is 0 Å². The molecule has 0 unspecified atom stereocenters. The molecule has 0 saturated carbocycles. The van der Waals surface area contributed by atoms with E-state index in [9.17, 15) is 14.4 Å². The van der Waals surface area contributed by atoms with E-state index in [1.807, 2.05) is 59.7 Å². The van der Waals surface area contributed by atoms with Gasteiger partial charge in [0.25, 0.3) is 11.5 Å². The van der Waals surface area contributed by atoms with Crippen LogP contribution in [-0.4, -0.2) is 45.3 Å². The Morgan fingerprint density at radius 2 is 1.80 bits per heavy atom. The van der Waals surface area contributed by atoms with Crippen molar-refractivity contribution >= 4 is 11.8 Å². The highest BCUT2D eigenvalue weighted by Crippen LogP contribution is 2.36. The molecule has 1 saturated heterocycles. The van der Waals surface area contributed by atoms with Crippen molar-refractivity contribution in [2.24, 2.45) is 11.8 Å². The van der Waals surface area contributed by atoms with Gasteiger partial charge in [-0.25, -0.2) is 0 Å². The standard InChI is InChI=1S/C24H27N3O3/c1-15(2)22(27-14-17-6-3-4-7-19(17)23(27)29)24(30)25-11-16-10-18(13-25)20-8-5-9-21(28)26(20)12-16/h3-9,15-16,18,22H,10-14H2,1-2H3/t16-,18+,22-/m1/s1. The summed E-state index contributed by atoms with van der Waals surface area (Å²) in [6.07, 6.45) is 1.01. The molecule has 3 atom stereocenters. The topological polar surface area (TPSA) is 62.6 Å². The molecule has 5 rings (SSSR count). The van der Waals surface area contributed by atoms with Crippen molar-refractivity contribution in [2.75, 3.05) is 13.1 Å². The molecule has 6 heteroatoms. The molecular formula is C24H27N3O3. The van der Waals surface area contributed by atoms with E-state index in [-0.39, 0.29) is 35.1 Å². The lowest BCUT2D eigenvalue weighted by atomic mass is 9.82. The molecule has 6 nitrogen and oxygen atoms in total. The summed E-state index contributed by atoms with van der Waals surface area (Å²) in [5.41, 5.74) is 2.77. The van der Waals surface area contributed by atoms with E-state index in [4.69, 9.17) is 0 Å². The van der Waals surface area contributed by atoms with Crippen LogP contribution >= 0.6 is 0 Å². The third-order valence-electron chi connectivity index (χ3n) is 6.86. The molecule has 0 N–H and O–H groups in total. The predicted octanol–water partition coefficient (Wildman–Crippen LogP) is 2.47. The van der Waals surface area contributed by atoms with Crippen molar-refractivity contribution in [1.82, 2.24) is 14.4 Å². The van der Waals surface area contributed by atoms with Gasteiger partial charge in [-0.1, -0.05) is 38.1 Å². The van der Waals surface area contributed by atoms with Crippen molar-refractivity contribution in [3.05, 3.63) is 69.6 Å². The lowest BCUT2D eigenvalue weighted by Crippen LogP contribution is -2.56. The van der Waals surface area contributed by atoms with Crippen LogP contribution in [0.15, 0.2) is 47.3 Å². The van der Waals surface area contributed by atoms with Crippen molar-refractivity contribution in [1.29, 1.82) is 0 Å². The van der Waals surface area contributed by atoms with E-state index in [1.165, 1.54) is 0 Å². The molecule has 2 aromatic rings. The summed E-state index contributed by atoms with van der Waals surface area (Å²) in [6, 6.07) is 12.6. The van der Waals surface area contributed by atoms with E-state index in [0.29, 0.717) is 31.7 Å². The zero-order valence-electron chi connectivity index (χ0n) is 17.5. The van der Waals surface area contributed by atoms with E-state index < -0.39 is 6.04 Å². The normalized spacial score (nSPS) is 23.4. The van der Waals surface area contributed by atoms with Crippen LogP contribution in [0.1, 0.15) is 47.8 Å². The number of hydrogen-bond acceptors (Lipinski definition) is 3. The second kappa shape index (κ2) is 7.11. The first-order valence-corrected chi connectivity index (χ1v) is 10.8. The summed E-state index contributed by atoms with van der Waals surface area (Å²) in [7, 11) is 0. The Morgan fingerprint density at radius 1 is 1.00 bits per heavy atom. The van der Waals surface area contributed by atoms with Gasteiger partial charge < -0.3 is 14.4 Å². The molecule has 4 heterocycles. The number of hydrogen-bond donors (Lipinski definition) is 0. The molecule has 2 amide bonds.